The number of ether oxygens (including phenoxy) is 1. The molecule has 156 valence electrons. The molecule has 0 fully saturated rings. The van der Waals surface area contributed by atoms with E-state index in [4.69, 9.17) is 4.74 Å². The number of halogens is 1. The maximum absolute atomic E-state index is 13.2. The number of hydrogen-bond acceptors (Lipinski definition) is 6. The molecule has 0 saturated carbocycles. The van der Waals surface area contributed by atoms with Crippen LogP contribution in [0.2, 0.25) is 0 Å². The number of anilines is 2. The van der Waals surface area contributed by atoms with Gasteiger partial charge >= 0.3 is 0 Å². The zero-order valence-electron chi connectivity index (χ0n) is 16.7. The molecule has 1 unspecified atom stereocenters. The van der Waals surface area contributed by atoms with Crippen LogP contribution in [0.3, 0.4) is 0 Å². The highest BCUT2D eigenvalue weighted by Gasteiger charge is 2.25. The predicted molar refractivity (Wildman–Crippen MR) is 108 cm³/mol. The molecule has 1 heterocycles. The van der Waals surface area contributed by atoms with Crippen LogP contribution < -0.4 is 15.4 Å². The number of carbonyl (C=O) groups excluding carboxylic acids is 2. The fourth-order valence-corrected chi connectivity index (χ4v) is 2.95. The maximum Gasteiger partial charge on any atom is 0.249 e. The molecule has 0 radical (unpaired) electrons. The summed E-state index contributed by atoms with van der Waals surface area (Å²) in [6.45, 7) is 3.08. The van der Waals surface area contributed by atoms with E-state index >= 15 is 0 Å². The number of aromatic nitrogens is 4. The zero-order valence-corrected chi connectivity index (χ0v) is 16.7. The number of benzene rings is 2. The Morgan fingerprint density at radius 1 is 1.17 bits per heavy atom. The van der Waals surface area contributed by atoms with Crippen LogP contribution in [0.1, 0.15) is 24.4 Å². The highest BCUT2D eigenvalue weighted by molar-refractivity contribution is 5.95. The van der Waals surface area contributed by atoms with Crippen molar-refractivity contribution in [2.75, 3.05) is 17.7 Å². The van der Waals surface area contributed by atoms with Crippen molar-refractivity contribution >= 4 is 23.2 Å². The van der Waals surface area contributed by atoms with Gasteiger partial charge in [0, 0.05) is 25.1 Å². The quantitative estimate of drug-likeness (QED) is 0.617. The third-order valence-corrected chi connectivity index (χ3v) is 4.38. The number of aryl methyl sites for hydroxylation is 1. The number of nitrogens with one attached hydrogen (secondary N) is 2. The van der Waals surface area contributed by atoms with Crippen LogP contribution >= 0.6 is 0 Å². The highest BCUT2D eigenvalue weighted by atomic mass is 19.1. The van der Waals surface area contributed by atoms with Gasteiger partial charge in [0.15, 0.2) is 0 Å². The molecule has 0 aliphatic rings. The van der Waals surface area contributed by atoms with Crippen LogP contribution in [-0.2, 0) is 16.0 Å². The van der Waals surface area contributed by atoms with Gasteiger partial charge in [-0.2, -0.15) is 0 Å². The Hall–Kier alpha value is -3.82. The maximum atomic E-state index is 13.2. The Bertz CT molecular complexity index is 1050. The Morgan fingerprint density at radius 2 is 1.90 bits per heavy atom. The lowest BCUT2D eigenvalue weighted by Crippen LogP contribution is -2.29. The van der Waals surface area contributed by atoms with E-state index < -0.39 is 6.04 Å². The van der Waals surface area contributed by atoms with Gasteiger partial charge in [0.2, 0.25) is 11.8 Å². The fraction of sp³-hybridized carbons (Fsp3) is 0.250. The van der Waals surface area contributed by atoms with Crippen LogP contribution in [0.5, 0.6) is 5.75 Å². The van der Waals surface area contributed by atoms with Gasteiger partial charge < -0.3 is 15.4 Å². The van der Waals surface area contributed by atoms with E-state index in [1.54, 1.807) is 37.3 Å². The minimum Gasteiger partial charge on any atom is -0.494 e. The lowest BCUT2D eigenvalue weighted by atomic mass is 10.0. The average molecular weight is 412 g/mol. The van der Waals surface area contributed by atoms with Crippen molar-refractivity contribution in [1.29, 1.82) is 0 Å². The molecule has 0 aliphatic carbocycles. The van der Waals surface area contributed by atoms with Crippen LogP contribution in [0.4, 0.5) is 15.8 Å². The van der Waals surface area contributed by atoms with Gasteiger partial charge in [-0.1, -0.05) is 12.1 Å². The van der Waals surface area contributed by atoms with Crippen molar-refractivity contribution in [3.05, 3.63) is 59.7 Å². The summed E-state index contributed by atoms with van der Waals surface area (Å²) in [6.07, 6.45) is 0.263. The monoisotopic (exact) mass is 412 g/mol. The van der Waals surface area contributed by atoms with Crippen molar-refractivity contribution < 1.29 is 18.7 Å². The molecule has 0 bridgehead atoms. The molecule has 30 heavy (non-hydrogen) atoms. The predicted octanol–water partition coefficient (Wildman–Crippen LogP) is 2.51. The molecule has 1 aromatic heterocycles. The molecular weight excluding hydrogens is 391 g/mol. The second-order valence-electron chi connectivity index (χ2n) is 6.60. The smallest absolute Gasteiger partial charge is 0.249 e. The van der Waals surface area contributed by atoms with E-state index in [0.717, 1.165) is 5.56 Å². The molecular formula is C20H21FN6O3. The summed E-state index contributed by atoms with van der Waals surface area (Å²) in [5.41, 5.74) is 1.72. The normalized spacial score (nSPS) is 11.6. The highest BCUT2D eigenvalue weighted by Crippen LogP contribution is 2.28. The van der Waals surface area contributed by atoms with E-state index in [1.165, 1.54) is 30.8 Å². The SMILES string of the molecule is COc1cc(NC(=O)C(Cc2ccc(F)cc2)n2nnnc2C)ccc1NC(C)=O. The van der Waals surface area contributed by atoms with Gasteiger partial charge in [0.05, 0.1) is 12.8 Å². The standard InChI is InChI=1S/C20H21FN6O3/c1-12-24-25-26-27(12)18(10-14-4-6-15(21)7-5-14)20(29)23-16-8-9-17(22-13(2)28)19(11-16)30-3/h4-9,11,18H,10H2,1-3H3,(H,22,28)(H,23,29). The summed E-state index contributed by atoms with van der Waals surface area (Å²) >= 11 is 0. The molecule has 0 saturated heterocycles. The molecule has 0 aliphatic heterocycles. The number of hydrogen-bond donors (Lipinski definition) is 2. The number of nitrogens with zero attached hydrogens (tertiary/aromatic N) is 4. The Kier molecular flexibility index (Phi) is 6.35. The van der Waals surface area contributed by atoms with Gasteiger partial charge in [-0.15, -0.1) is 5.10 Å². The first kappa shape index (κ1) is 20.9. The summed E-state index contributed by atoms with van der Waals surface area (Å²) in [7, 11) is 1.47. The van der Waals surface area contributed by atoms with Crippen molar-refractivity contribution in [2.24, 2.45) is 0 Å². The summed E-state index contributed by atoms with van der Waals surface area (Å²) in [6, 6.07) is 10.0. The van der Waals surface area contributed by atoms with Gasteiger partial charge in [-0.3, -0.25) is 9.59 Å². The lowest BCUT2D eigenvalue weighted by Gasteiger charge is -2.18. The number of tetrazole rings is 1. The molecule has 0 spiro atoms. The average Bonchev–Trinajstić information content (AvgIpc) is 3.13. The summed E-state index contributed by atoms with van der Waals surface area (Å²) in [5, 5.41) is 16.9. The van der Waals surface area contributed by atoms with Crippen LogP contribution in [0.15, 0.2) is 42.5 Å². The van der Waals surface area contributed by atoms with E-state index in [2.05, 4.69) is 26.2 Å². The van der Waals surface area contributed by atoms with E-state index in [-0.39, 0.29) is 24.1 Å². The summed E-state index contributed by atoms with van der Waals surface area (Å²) in [5.74, 6) is -0.0834. The van der Waals surface area contributed by atoms with Gasteiger partial charge in [0.1, 0.15) is 23.4 Å². The summed E-state index contributed by atoms with van der Waals surface area (Å²) in [4.78, 5) is 24.4. The second kappa shape index (κ2) is 9.12. The minimum absolute atomic E-state index is 0.237. The lowest BCUT2D eigenvalue weighted by molar-refractivity contribution is -0.119. The van der Waals surface area contributed by atoms with E-state index in [9.17, 15) is 14.0 Å². The third kappa shape index (κ3) is 4.96. The van der Waals surface area contributed by atoms with E-state index in [1.807, 2.05) is 0 Å². The van der Waals surface area contributed by atoms with Crippen molar-refractivity contribution in [3.8, 4) is 5.75 Å². The molecule has 2 N–H and O–H groups in total. The minimum atomic E-state index is -0.758. The largest absolute Gasteiger partial charge is 0.494 e. The molecule has 3 aromatic rings. The first-order chi connectivity index (χ1) is 14.4. The molecule has 2 amide bonds. The number of carbonyl (C=O) groups is 2. The topological polar surface area (TPSA) is 111 Å². The van der Waals surface area contributed by atoms with Crippen LogP contribution in [0, 0.1) is 12.7 Å². The van der Waals surface area contributed by atoms with Gasteiger partial charge in [0.25, 0.3) is 0 Å². The van der Waals surface area contributed by atoms with Crippen molar-refractivity contribution in [2.45, 2.75) is 26.3 Å². The zero-order chi connectivity index (χ0) is 21.7. The molecule has 2 aromatic carbocycles. The fourth-order valence-electron chi connectivity index (χ4n) is 2.95. The molecule has 3 rings (SSSR count). The molecule has 9 nitrogen and oxygen atoms in total. The van der Waals surface area contributed by atoms with E-state index in [0.29, 0.717) is 22.9 Å². The van der Waals surface area contributed by atoms with Gasteiger partial charge in [-0.05, 0) is 47.2 Å². The first-order valence-corrected chi connectivity index (χ1v) is 9.12. The summed E-state index contributed by atoms with van der Waals surface area (Å²) < 4.78 is 19.9. The third-order valence-electron chi connectivity index (χ3n) is 4.38. The Labute approximate surface area is 172 Å². The number of amides is 2. The van der Waals surface area contributed by atoms with Crippen molar-refractivity contribution in [1.82, 2.24) is 20.2 Å². The second-order valence-corrected chi connectivity index (χ2v) is 6.60. The van der Waals surface area contributed by atoms with Crippen LogP contribution in [0.25, 0.3) is 0 Å². The molecule has 1 atom stereocenters. The molecule has 10 heteroatoms. The number of rotatable bonds is 7. The Morgan fingerprint density at radius 3 is 2.50 bits per heavy atom. The Balaban J connectivity index is 1.85. The first-order valence-electron chi connectivity index (χ1n) is 9.12. The van der Waals surface area contributed by atoms with Crippen molar-refractivity contribution in [3.63, 3.8) is 0 Å². The van der Waals surface area contributed by atoms with Gasteiger partial charge in [-0.25, -0.2) is 9.07 Å². The number of methoxy groups -OCH3 is 1. The van der Waals surface area contributed by atoms with Crippen LogP contribution in [-0.4, -0.2) is 39.1 Å².